The number of allylic oxidation sites excluding steroid dienone is 1. The van der Waals surface area contributed by atoms with Gasteiger partial charge >= 0.3 is 12.0 Å². The van der Waals surface area contributed by atoms with Gasteiger partial charge in [0.1, 0.15) is 18.1 Å². The van der Waals surface area contributed by atoms with Crippen LogP contribution in [-0.4, -0.2) is 32.3 Å². The van der Waals surface area contributed by atoms with E-state index in [0.29, 0.717) is 38.5 Å². The number of amides is 2. The second kappa shape index (κ2) is 12.4. The molecule has 0 saturated heterocycles. The first-order valence-corrected chi connectivity index (χ1v) is 13.6. The summed E-state index contributed by atoms with van der Waals surface area (Å²) in [6.45, 7) is 5.93. The normalized spacial score (nSPS) is 15.3. The van der Waals surface area contributed by atoms with Gasteiger partial charge in [-0.15, -0.1) is 0 Å². The van der Waals surface area contributed by atoms with Gasteiger partial charge in [-0.1, -0.05) is 57.3 Å². The van der Waals surface area contributed by atoms with Crippen molar-refractivity contribution in [3.05, 3.63) is 97.1 Å². The van der Waals surface area contributed by atoms with Crippen molar-refractivity contribution >= 4 is 56.8 Å². The molecule has 3 aromatic carbocycles. The molecule has 1 aliphatic rings. The van der Waals surface area contributed by atoms with E-state index in [1.807, 2.05) is 32.0 Å². The standard InChI is InChI=1S/C29H27BrCl2N2O5/c1-16-6-5-7-24(17(16)2)34-18(3)26(28(35)38-11-10-37-4)27(33-29(34)36)23-9-8-19(30)12-25(23)39-22-14-20(31)13-21(32)15-22/h5-9,12-15,27H,10-11H2,1-4H3,(H,33,36). The molecule has 1 N–H and O–H groups in total. The average Bonchev–Trinajstić information content (AvgIpc) is 2.86. The van der Waals surface area contributed by atoms with Gasteiger partial charge in [-0.3, -0.25) is 4.90 Å². The summed E-state index contributed by atoms with van der Waals surface area (Å²) in [4.78, 5) is 28.7. The van der Waals surface area contributed by atoms with Crippen LogP contribution in [0.25, 0.3) is 0 Å². The molecule has 39 heavy (non-hydrogen) atoms. The van der Waals surface area contributed by atoms with Crippen molar-refractivity contribution in [2.75, 3.05) is 25.2 Å². The largest absolute Gasteiger partial charge is 0.460 e. The van der Waals surface area contributed by atoms with E-state index in [0.717, 1.165) is 15.6 Å². The number of aryl methyl sites for hydroxylation is 1. The third-order valence-corrected chi connectivity index (χ3v) is 7.32. The second-order valence-corrected chi connectivity index (χ2v) is 10.7. The van der Waals surface area contributed by atoms with E-state index in [1.54, 1.807) is 43.3 Å². The Bertz CT molecular complexity index is 1440. The minimum atomic E-state index is -0.869. The highest BCUT2D eigenvalue weighted by atomic mass is 79.9. The van der Waals surface area contributed by atoms with Crippen molar-refractivity contribution in [1.82, 2.24) is 5.32 Å². The highest BCUT2D eigenvalue weighted by Crippen LogP contribution is 2.41. The summed E-state index contributed by atoms with van der Waals surface area (Å²) >= 11 is 15.8. The number of methoxy groups -OCH3 is 1. The number of hydrogen-bond acceptors (Lipinski definition) is 5. The number of benzene rings is 3. The van der Waals surface area contributed by atoms with E-state index >= 15 is 0 Å². The quantitative estimate of drug-likeness (QED) is 0.202. The van der Waals surface area contributed by atoms with E-state index in [9.17, 15) is 9.59 Å². The summed E-state index contributed by atoms with van der Waals surface area (Å²) in [5.74, 6) is 0.212. The maximum atomic E-state index is 13.6. The number of carbonyl (C=O) groups excluding carboxylic acids is 2. The SMILES string of the molecule is COCCOC(=O)C1=C(C)N(c2cccc(C)c2C)C(=O)NC1c1ccc(Br)cc1Oc1cc(Cl)cc(Cl)c1. The van der Waals surface area contributed by atoms with Crippen LogP contribution in [0, 0.1) is 13.8 Å². The fourth-order valence-electron chi connectivity index (χ4n) is 4.35. The molecule has 1 aliphatic heterocycles. The van der Waals surface area contributed by atoms with Crippen LogP contribution < -0.4 is 15.0 Å². The van der Waals surface area contributed by atoms with Crippen LogP contribution in [0.4, 0.5) is 10.5 Å². The summed E-state index contributed by atoms with van der Waals surface area (Å²) in [7, 11) is 1.53. The fourth-order valence-corrected chi connectivity index (χ4v) is 5.20. The summed E-state index contributed by atoms with van der Waals surface area (Å²) in [5, 5.41) is 3.81. The molecular weight excluding hydrogens is 607 g/mol. The van der Waals surface area contributed by atoms with E-state index < -0.39 is 12.0 Å². The number of anilines is 1. The van der Waals surface area contributed by atoms with Crippen LogP contribution in [0.15, 0.2) is 70.3 Å². The minimum Gasteiger partial charge on any atom is -0.460 e. The van der Waals surface area contributed by atoms with Crippen molar-refractivity contribution in [1.29, 1.82) is 0 Å². The van der Waals surface area contributed by atoms with E-state index in [2.05, 4.69) is 21.2 Å². The van der Waals surface area contributed by atoms with E-state index in [4.69, 9.17) is 37.4 Å². The minimum absolute atomic E-state index is 0.0565. The number of halogens is 3. The number of hydrogen-bond donors (Lipinski definition) is 1. The topological polar surface area (TPSA) is 77.1 Å². The summed E-state index contributed by atoms with van der Waals surface area (Å²) in [5.41, 5.74) is 3.86. The maximum Gasteiger partial charge on any atom is 0.338 e. The van der Waals surface area contributed by atoms with Gasteiger partial charge < -0.3 is 19.5 Å². The number of esters is 1. The molecule has 1 unspecified atom stereocenters. The van der Waals surface area contributed by atoms with Gasteiger partial charge in [0.15, 0.2) is 0 Å². The molecular formula is C29H27BrCl2N2O5. The Hall–Kier alpha value is -3.04. The zero-order valence-electron chi connectivity index (χ0n) is 21.8. The number of urea groups is 1. The third-order valence-electron chi connectivity index (χ3n) is 6.39. The fraction of sp³-hybridized carbons (Fsp3) is 0.241. The first kappa shape index (κ1) is 29.0. The van der Waals surface area contributed by atoms with E-state index in [-0.39, 0.29) is 24.8 Å². The summed E-state index contributed by atoms with van der Waals surface area (Å²) in [6.07, 6.45) is 0. The smallest absolute Gasteiger partial charge is 0.338 e. The summed E-state index contributed by atoms with van der Waals surface area (Å²) in [6, 6.07) is 14.6. The second-order valence-electron chi connectivity index (χ2n) is 8.95. The average molecular weight is 634 g/mol. The van der Waals surface area contributed by atoms with Crippen molar-refractivity contribution in [3.63, 3.8) is 0 Å². The highest BCUT2D eigenvalue weighted by Gasteiger charge is 2.39. The van der Waals surface area contributed by atoms with Crippen LogP contribution >= 0.6 is 39.1 Å². The molecule has 0 aliphatic carbocycles. The number of nitrogens with zero attached hydrogens (tertiary/aromatic N) is 1. The van der Waals surface area contributed by atoms with Gasteiger partial charge in [0.2, 0.25) is 0 Å². The van der Waals surface area contributed by atoms with Crippen LogP contribution in [0.1, 0.15) is 29.7 Å². The molecule has 204 valence electrons. The number of ether oxygens (including phenoxy) is 3. The lowest BCUT2D eigenvalue weighted by molar-refractivity contribution is -0.140. The zero-order chi connectivity index (χ0) is 28.3. The molecule has 2 amide bonds. The van der Waals surface area contributed by atoms with E-state index in [1.165, 1.54) is 12.0 Å². The highest BCUT2D eigenvalue weighted by molar-refractivity contribution is 9.10. The Morgan fingerprint density at radius 3 is 2.44 bits per heavy atom. The number of carbonyl (C=O) groups is 2. The van der Waals surface area contributed by atoms with Crippen LogP contribution in [0.2, 0.25) is 10.0 Å². The molecule has 0 fully saturated rings. The molecule has 1 heterocycles. The molecule has 10 heteroatoms. The van der Waals surface area contributed by atoms with Crippen LogP contribution in [0.5, 0.6) is 11.5 Å². The van der Waals surface area contributed by atoms with Crippen molar-refractivity contribution in [2.45, 2.75) is 26.8 Å². The van der Waals surface area contributed by atoms with Gasteiger partial charge in [-0.25, -0.2) is 9.59 Å². The maximum absolute atomic E-state index is 13.6. The summed E-state index contributed by atoms with van der Waals surface area (Å²) < 4.78 is 17.5. The van der Waals surface area contributed by atoms with Gasteiger partial charge in [-0.05, 0) is 68.3 Å². The van der Waals surface area contributed by atoms with Gasteiger partial charge in [0, 0.05) is 32.9 Å². The molecule has 0 radical (unpaired) electrons. The third kappa shape index (κ3) is 6.41. The Balaban J connectivity index is 1.85. The lowest BCUT2D eigenvalue weighted by atomic mass is 9.93. The number of nitrogens with one attached hydrogen (secondary N) is 1. The predicted octanol–water partition coefficient (Wildman–Crippen LogP) is 7.90. The van der Waals surface area contributed by atoms with Crippen LogP contribution in [-0.2, 0) is 14.3 Å². The van der Waals surface area contributed by atoms with Gasteiger partial charge in [-0.2, -0.15) is 0 Å². The van der Waals surface area contributed by atoms with Crippen LogP contribution in [0.3, 0.4) is 0 Å². The van der Waals surface area contributed by atoms with Crippen molar-refractivity contribution in [2.24, 2.45) is 0 Å². The monoisotopic (exact) mass is 632 g/mol. The molecule has 0 saturated carbocycles. The Labute approximate surface area is 245 Å². The lowest BCUT2D eigenvalue weighted by Gasteiger charge is -2.36. The predicted molar refractivity (Wildman–Crippen MR) is 156 cm³/mol. The number of rotatable bonds is 8. The first-order chi connectivity index (χ1) is 18.6. The lowest BCUT2D eigenvalue weighted by Crippen LogP contribution is -2.48. The first-order valence-electron chi connectivity index (χ1n) is 12.1. The molecule has 1 atom stereocenters. The molecule has 3 aromatic rings. The Morgan fingerprint density at radius 1 is 1.03 bits per heavy atom. The van der Waals surface area contributed by atoms with Crippen molar-refractivity contribution in [3.8, 4) is 11.5 Å². The molecule has 4 rings (SSSR count). The Kier molecular flexibility index (Phi) is 9.23. The molecule has 7 nitrogen and oxygen atoms in total. The van der Waals surface area contributed by atoms with Gasteiger partial charge in [0.05, 0.1) is 23.9 Å². The zero-order valence-corrected chi connectivity index (χ0v) is 24.9. The van der Waals surface area contributed by atoms with Gasteiger partial charge in [0.25, 0.3) is 0 Å². The molecule has 0 bridgehead atoms. The molecule has 0 aromatic heterocycles. The Morgan fingerprint density at radius 2 is 1.74 bits per heavy atom. The van der Waals surface area contributed by atoms with Crippen molar-refractivity contribution < 1.29 is 23.8 Å². The molecule has 0 spiro atoms.